The molecular formula is C18H21N. The number of hydrogen-bond donors (Lipinski definition) is 1. The summed E-state index contributed by atoms with van der Waals surface area (Å²) < 4.78 is 0. The van der Waals surface area contributed by atoms with E-state index in [1.807, 2.05) is 0 Å². The quantitative estimate of drug-likeness (QED) is 0.841. The Hall–Kier alpha value is -1.76. The number of nitrogens with one attached hydrogen (secondary N) is 1. The van der Waals surface area contributed by atoms with Crippen LogP contribution in [0.4, 0.5) is 5.69 Å². The fourth-order valence-electron chi connectivity index (χ4n) is 2.95. The number of aryl methyl sites for hydroxylation is 3. The highest BCUT2D eigenvalue weighted by Gasteiger charge is 2.10. The molecule has 1 heteroatoms. The van der Waals surface area contributed by atoms with Gasteiger partial charge in [-0.1, -0.05) is 30.3 Å². The van der Waals surface area contributed by atoms with E-state index in [-0.39, 0.29) is 0 Å². The first-order chi connectivity index (χ1) is 9.24. The van der Waals surface area contributed by atoms with Crippen LogP contribution < -0.4 is 5.32 Å². The summed E-state index contributed by atoms with van der Waals surface area (Å²) >= 11 is 0. The minimum Gasteiger partial charge on any atom is -0.385 e. The van der Waals surface area contributed by atoms with Gasteiger partial charge in [0, 0.05) is 12.2 Å². The van der Waals surface area contributed by atoms with Gasteiger partial charge in [-0.25, -0.2) is 0 Å². The van der Waals surface area contributed by atoms with Crippen molar-refractivity contribution in [1.29, 1.82) is 0 Å². The van der Waals surface area contributed by atoms with E-state index in [1.165, 1.54) is 46.3 Å². The van der Waals surface area contributed by atoms with Crippen molar-refractivity contribution < 1.29 is 0 Å². The van der Waals surface area contributed by atoms with Gasteiger partial charge in [-0.15, -0.1) is 0 Å². The lowest BCUT2D eigenvalue weighted by molar-refractivity contribution is 0.829. The van der Waals surface area contributed by atoms with E-state index in [4.69, 9.17) is 0 Å². The van der Waals surface area contributed by atoms with Crippen molar-refractivity contribution in [3.63, 3.8) is 0 Å². The summed E-state index contributed by atoms with van der Waals surface area (Å²) in [7, 11) is 0. The van der Waals surface area contributed by atoms with Crippen LogP contribution in [-0.2, 0) is 12.8 Å². The zero-order chi connectivity index (χ0) is 13.2. The number of anilines is 1. The molecule has 0 saturated heterocycles. The summed E-state index contributed by atoms with van der Waals surface area (Å²) in [5, 5.41) is 3.52. The first-order valence-electron chi connectivity index (χ1n) is 7.15. The lowest BCUT2D eigenvalue weighted by atomic mass is 9.94. The zero-order valence-electron chi connectivity index (χ0n) is 11.8. The lowest BCUT2D eigenvalue weighted by Crippen LogP contribution is -2.11. The number of benzene rings is 2. The highest BCUT2D eigenvalue weighted by Crippen LogP contribution is 2.25. The van der Waals surface area contributed by atoms with Crippen molar-refractivity contribution in [2.24, 2.45) is 0 Å². The van der Waals surface area contributed by atoms with Crippen LogP contribution in [0.1, 0.15) is 34.2 Å². The van der Waals surface area contributed by atoms with Gasteiger partial charge in [0.25, 0.3) is 0 Å². The second-order valence-electron chi connectivity index (χ2n) is 5.57. The highest BCUT2D eigenvalue weighted by molar-refractivity contribution is 5.55. The molecular weight excluding hydrogens is 230 g/mol. The third-order valence-corrected chi connectivity index (χ3v) is 4.14. The van der Waals surface area contributed by atoms with Gasteiger partial charge in [-0.2, -0.15) is 0 Å². The Kier molecular flexibility index (Phi) is 3.29. The van der Waals surface area contributed by atoms with Gasteiger partial charge in [0.15, 0.2) is 0 Å². The molecule has 0 unspecified atom stereocenters. The highest BCUT2D eigenvalue weighted by atomic mass is 14.9. The van der Waals surface area contributed by atoms with E-state index in [2.05, 4.69) is 55.6 Å². The average Bonchev–Trinajstić information content (AvgIpc) is 2.43. The van der Waals surface area contributed by atoms with E-state index in [0.717, 1.165) is 13.0 Å². The summed E-state index contributed by atoms with van der Waals surface area (Å²) in [5.41, 5.74) is 8.48. The van der Waals surface area contributed by atoms with Gasteiger partial charge in [0.2, 0.25) is 0 Å². The Labute approximate surface area is 115 Å². The molecule has 0 amide bonds. The Balaban J connectivity index is 1.91. The van der Waals surface area contributed by atoms with Gasteiger partial charge in [0.1, 0.15) is 0 Å². The minimum atomic E-state index is 1.04. The van der Waals surface area contributed by atoms with Crippen molar-refractivity contribution in [1.82, 2.24) is 0 Å². The molecule has 1 heterocycles. The molecule has 19 heavy (non-hydrogen) atoms. The summed E-state index contributed by atoms with van der Waals surface area (Å²) in [5.74, 6) is 0. The molecule has 1 nitrogen and oxygen atoms in total. The lowest BCUT2D eigenvalue weighted by Gasteiger charge is -2.19. The Morgan fingerprint density at radius 3 is 2.63 bits per heavy atom. The van der Waals surface area contributed by atoms with E-state index in [1.54, 1.807) is 0 Å². The maximum atomic E-state index is 3.52. The maximum absolute atomic E-state index is 3.52. The molecule has 0 aromatic heterocycles. The maximum Gasteiger partial charge on any atom is 0.0375 e. The van der Waals surface area contributed by atoms with Crippen LogP contribution in [0.15, 0.2) is 36.4 Å². The van der Waals surface area contributed by atoms with E-state index in [0.29, 0.717) is 0 Å². The molecule has 1 N–H and O–H groups in total. The van der Waals surface area contributed by atoms with E-state index < -0.39 is 0 Å². The third-order valence-electron chi connectivity index (χ3n) is 4.14. The van der Waals surface area contributed by atoms with Crippen molar-refractivity contribution in [2.45, 2.75) is 33.1 Å². The minimum absolute atomic E-state index is 1.04. The van der Waals surface area contributed by atoms with Crippen LogP contribution in [0, 0.1) is 13.8 Å². The zero-order valence-corrected chi connectivity index (χ0v) is 11.8. The van der Waals surface area contributed by atoms with Crippen LogP contribution >= 0.6 is 0 Å². The molecule has 0 bridgehead atoms. The molecule has 0 aliphatic carbocycles. The summed E-state index contributed by atoms with van der Waals surface area (Å²) in [6, 6.07) is 13.5. The third kappa shape index (κ3) is 2.51. The molecule has 0 fully saturated rings. The average molecular weight is 251 g/mol. The monoisotopic (exact) mass is 251 g/mol. The molecule has 98 valence electrons. The Bertz CT molecular complexity index is 578. The number of hydrogen-bond acceptors (Lipinski definition) is 1. The van der Waals surface area contributed by atoms with Crippen molar-refractivity contribution in [3.8, 4) is 0 Å². The Morgan fingerprint density at radius 2 is 1.84 bits per heavy atom. The van der Waals surface area contributed by atoms with Crippen molar-refractivity contribution >= 4 is 5.69 Å². The second kappa shape index (κ2) is 5.08. The summed E-state index contributed by atoms with van der Waals surface area (Å²) in [6.07, 6.45) is 3.50. The SMILES string of the molecule is Cc1cccc(C)c1Cc1ccc2c(c1)NCCC2. The fraction of sp³-hybridized carbons (Fsp3) is 0.333. The molecule has 2 aromatic rings. The summed E-state index contributed by atoms with van der Waals surface area (Å²) in [4.78, 5) is 0. The predicted molar refractivity (Wildman–Crippen MR) is 82.0 cm³/mol. The number of rotatable bonds is 2. The molecule has 0 saturated carbocycles. The molecule has 0 radical (unpaired) electrons. The normalized spacial score (nSPS) is 13.8. The van der Waals surface area contributed by atoms with E-state index in [9.17, 15) is 0 Å². The molecule has 2 aromatic carbocycles. The van der Waals surface area contributed by atoms with Gasteiger partial charge < -0.3 is 5.32 Å². The Morgan fingerprint density at radius 1 is 1.05 bits per heavy atom. The molecule has 3 rings (SSSR count). The van der Waals surface area contributed by atoms with Gasteiger partial charge in [-0.3, -0.25) is 0 Å². The topological polar surface area (TPSA) is 12.0 Å². The van der Waals surface area contributed by atoms with Crippen LogP contribution in [-0.4, -0.2) is 6.54 Å². The number of fused-ring (bicyclic) bond motifs is 1. The van der Waals surface area contributed by atoms with Crippen LogP contribution in [0.5, 0.6) is 0 Å². The molecule has 1 aliphatic heterocycles. The molecule has 0 spiro atoms. The fourth-order valence-corrected chi connectivity index (χ4v) is 2.95. The van der Waals surface area contributed by atoms with Crippen molar-refractivity contribution in [3.05, 3.63) is 64.2 Å². The van der Waals surface area contributed by atoms with Crippen LogP contribution in [0.3, 0.4) is 0 Å². The van der Waals surface area contributed by atoms with Crippen LogP contribution in [0.2, 0.25) is 0 Å². The molecule has 1 aliphatic rings. The second-order valence-corrected chi connectivity index (χ2v) is 5.57. The first kappa shape index (κ1) is 12.3. The molecule has 0 atom stereocenters. The van der Waals surface area contributed by atoms with Gasteiger partial charge in [-0.05, 0) is 67.0 Å². The standard InChI is InChI=1S/C18H21N/c1-13-5-3-6-14(2)17(13)11-15-8-9-16-7-4-10-19-18(16)12-15/h3,5-6,8-9,12,19H,4,7,10-11H2,1-2H3. The van der Waals surface area contributed by atoms with E-state index >= 15 is 0 Å². The van der Waals surface area contributed by atoms with Crippen LogP contribution in [0.25, 0.3) is 0 Å². The first-order valence-corrected chi connectivity index (χ1v) is 7.15. The van der Waals surface area contributed by atoms with Gasteiger partial charge in [0.05, 0.1) is 0 Å². The summed E-state index contributed by atoms with van der Waals surface area (Å²) in [6.45, 7) is 5.53. The largest absolute Gasteiger partial charge is 0.385 e. The predicted octanol–water partition coefficient (Wildman–Crippen LogP) is 4.25. The smallest absolute Gasteiger partial charge is 0.0375 e. The van der Waals surface area contributed by atoms with Crippen molar-refractivity contribution in [2.75, 3.05) is 11.9 Å². The van der Waals surface area contributed by atoms with Gasteiger partial charge >= 0.3 is 0 Å².